The van der Waals surface area contributed by atoms with Crippen LogP contribution in [0.4, 0.5) is 10.8 Å². The number of thiazole rings is 1. The lowest BCUT2D eigenvalue weighted by Crippen LogP contribution is -1.91. The zero-order chi connectivity index (χ0) is 15.4. The molecule has 0 fully saturated rings. The van der Waals surface area contributed by atoms with Gasteiger partial charge in [-0.25, -0.2) is 4.98 Å². The molecule has 3 rings (SSSR count). The summed E-state index contributed by atoms with van der Waals surface area (Å²) in [5, 5.41) is 19.3. The van der Waals surface area contributed by atoms with Gasteiger partial charge in [0.05, 0.1) is 21.7 Å². The van der Waals surface area contributed by atoms with E-state index in [4.69, 9.17) is 0 Å². The topological polar surface area (TPSA) is 80.4 Å². The predicted molar refractivity (Wildman–Crippen MR) is 89.7 cm³/mol. The first kappa shape index (κ1) is 14.4. The number of nitro groups is 1. The molecule has 0 unspecified atom stereocenters. The summed E-state index contributed by atoms with van der Waals surface area (Å²) in [4.78, 5) is 15.7. The maximum Gasteiger partial charge on any atom is 0.269 e. The number of non-ortho nitro benzene ring substituents is 1. The number of nitro benzene ring substituents is 1. The van der Waals surface area contributed by atoms with E-state index in [1.165, 1.54) is 23.5 Å². The Morgan fingerprint density at radius 1 is 1.23 bits per heavy atom. The van der Waals surface area contributed by atoms with Crippen LogP contribution in [0.25, 0.3) is 10.6 Å². The van der Waals surface area contributed by atoms with Crippen molar-refractivity contribution in [3.63, 3.8) is 0 Å². The predicted octanol–water partition coefficient (Wildman–Crippen LogP) is 4.23. The Kier molecular flexibility index (Phi) is 4.22. The molecule has 0 saturated carbocycles. The number of rotatable bonds is 5. The van der Waals surface area contributed by atoms with E-state index in [0.717, 1.165) is 16.1 Å². The molecule has 0 saturated heterocycles. The molecule has 1 aromatic carbocycles. The van der Waals surface area contributed by atoms with Gasteiger partial charge in [0.15, 0.2) is 0 Å². The van der Waals surface area contributed by atoms with E-state index < -0.39 is 4.92 Å². The fraction of sp³-hybridized carbons (Fsp3) is 0. The highest BCUT2D eigenvalue weighted by Gasteiger charge is 2.04. The Morgan fingerprint density at radius 3 is 2.73 bits per heavy atom. The van der Waals surface area contributed by atoms with E-state index in [0.29, 0.717) is 5.13 Å². The first-order valence-corrected chi connectivity index (χ1v) is 8.01. The molecule has 0 spiro atoms. The van der Waals surface area contributed by atoms with Gasteiger partial charge in [0.25, 0.3) is 5.69 Å². The van der Waals surface area contributed by atoms with Crippen LogP contribution in [0.2, 0.25) is 0 Å². The van der Waals surface area contributed by atoms with Crippen LogP contribution in [0.3, 0.4) is 0 Å². The highest BCUT2D eigenvalue weighted by Crippen LogP contribution is 2.28. The van der Waals surface area contributed by atoms with Crippen molar-refractivity contribution in [2.24, 2.45) is 5.10 Å². The fourth-order valence-corrected chi connectivity index (χ4v) is 3.13. The van der Waals surface area contributed by atoms with Crippen LogP contribution in [-0.4, -0.2) is 16.1 Å². The van der Waals surface area contributed by atoms with E-state index in [9.17, 15) is 10.1 Å². The van der Waals surface area contributed by atoms with Crippen LogP contribution in [0.1, 0.15) is 5.56 Å². The molecule has 0 aliphatic rings. The zero-order valence-electron chi connectivity index (χ0n) is 11.2. The molecule has 0 atom stereocenters. The highest BCUT2D eigenvalue weighted by molar-refractivity contribution is 7.15. The number of hydrogen-bond acceptors (Lipinski definition) is 7. The van der Waals surface area contributed by atoms with Crippen molar-refractivity contribution >= 4 is 39.7 Å². The summed E-state index contributed by atoms with van der Waals surface area (Å²) in [7, 11) is 0. The minimum atomic E-state index is -0.430. The van der Waals surface area contributed by atoms with Crippen LogP contribution >= 0.6 is 22.7 Å². The Bertz CT molecular complexity index is 795. The second-order valence-electron chi connectivity index (χ2n) is 4.23. The van der Waals surface area contributed by atoms with Crippen LogP contribution in [0, 0.1) is 10.1 Å². The molecule has 2 heterocycles. The number of anilines is 1. The van der Waals surface area contributed by atoms with Gasteiger partial charge < -0.3 is 0 Å². The van der Waals surface area contributed by atoms with Crippen molar-refractivity contribution in [3.05, 3.63) is 62.8 Å². The summed E-state index contributed by atoms with van der Waals surface area (Å²) in [5.41, 5.74) is 4.62. The van der Waals surface area contributed by atoms with Crippen molar-refractivity contribution in [3.8, 4) is 10.6 Å². The first-order chi connectivity index (χ1) is 10.7. The molecule has 110 valence electrons. The molecule has 0 amide bonds. The summed E-state index contributed by atoms with van der Waals surface area (Å²) in [5.74, 6) is 0. The van der Waals surface area contributed by atoms with E-state index in [-0.39, 0.29) is 5.69 Å². The van der Waals surface area contributed by atoms with Gasteiger partial charge in [-0.3, -0.25) is 15.5 Å². The fourth-order valence-electron chi connectivity index (χ4n) is 1.71. The van der Waals surface area contributed by atoms with Gasteiger partial charge in [-0.05, 0) is 29.1 Å². The van der Waals surface area contributed by atoms with E-state index in [1.807, 2.05) is 22.9 Å². The van der Waals surface area contributed by atoms with Crippen molar-refractivity contribution in [1.82, 2.24) is 4.98 Å². The number of thiophene rings is 1. The number of benzene rings is 1. The van der Waals surface area contributed by atoms with Gasteiger partial charge in [-0.1, -0.05) is 6.07 Å². The molecule has 0 bridgehead atoms. The normalized spacial score (nSPS) is 10.9. The molecule has 0 aliphatic heterocycles. The zero-order valence-corrected chi connectivity index (χ0v) is 12.8. The van der Waals surface area contributed by atoms with E-state index in [1.54, 1.807) is 29.7 Å². The average molecular weight is 330 g/mol. The Morgan fingerprint density at radius 2 is 2.05 bits per heavy atom. The quantitative estimate of drug-likeness (QED) is 0.431. The number of aromatic nitrogens is 1. The lowest BCUT2D eigenvalue weighted by Gasteiger charge is -1.95. The van der Waals surface area contributed by atoms with E-state index in [2.05, 4.69) is 15.5 Å². The molecule has 22 heavy (non-hydrogen) atoms. The summed E-state index contributed by atoms with van der Waals surface area (Å²) in [6, 6.07) is 10.2. The highest BCUT2D eigenvalue weighted by atomic mass is 32.1. The van der Waals surface area contributed by atoms with E-state index >= 15 is 0 Å². The van der Waals surface area contributed by atoms with Crippen LogP contribution in [0.15, 0.2) is 52.3 Å². The largest absolute Gasteiger partial charge is 0.269 e. The van der Waals surface area contributed by atoms with Crippen molar-refractivity contribution in [2.75, 3.05) is 5.43 Å². The monoisotopic (exact) mass is 330 g/mol. The molecule has 8 heteroatoms. The van der Waals surface area contributed by atoms with Crippen LogP contribution in [0.5, 0.6) is 0 Å². The summed E-state index contributed by atoms with van der Waals surface area (Å²) in [6.07, 6.45) is 1.59. The molecule has 0 radical (unpaired) electrons. The second kappa shape index (κ2) is 6.46. The first-order valence-electron chi connectivity index (χ1n) is 6.25. The second-order valence-corrected chi connectivity index (χ2v) is 6.04. The van der Waals surface area contributed by atoms with Gasteiger partial charge >= 0.3 is 0 Å². The Labute approximate surface area is 133 Å². The smallest absolute Gasteiger partial charge is 0.258 e. The Hall–Kier alpha value is -2.58. The lowest BCUT2D eigenvalue weighted by molar-refractivity contribution is -0.384. The van der Waals surface area contributed by atoms with Crippen molar-refractivity contribution in [2.45, 2.75) is 0 Å². The number of nitrogens with zero attached hydrogens (tertiary/aromatic N) is 3. The molecular formula is C14H10N4O2S2. The molecule has 6 nitrogen and oxygen atoms in total. The van der Waals surface area contributed by atoms with Crippen molar-refractivity contribution in [1.29, 1.82) is 0 Å². The van der Waals surface area contributed by atoms with Gasteiger partial charge in [-0.2, -0.15) is 5.10 Å². The molecule has 0 aliphatic carbocycles. The summed E-state index contributed by atoms with van der Waals surface area (Å²) < 4.78 is 0. The minimum absolute atomic E-state index is 0.0608. The SMILES string of the molecule is O=[N+]([O-])c1ccc(/C=N\Nc2nc(-c3cccs3)cs2)cc1. The van der Waals surface area contributed by atoms with Gasteiger partial charge in [0.1, 0.15) is 0 Å². The lowest BCUT2D eigenvalue weighted by atomic mass is 10.2. The molecule has 2 aromatic heterocycles. The number of hydrazone groups is 1. The van der Waals surface area contributed by atoms with Gasteiger partial charge in [-0.15, -0.1) is 22.7 Å². The third-order valence-corrected chi connectivity index (χ3v) is 4.39. The van der Waals surface area contributed by atoms with Crippen molar-refractivity contribution < 1.29 is 4.92 Å². The number of hydrogen-bond donors (Lipinski definition) is 1. The van der Waals surface area contributed by atoms with Gasteiger partial charge in [0.2, 0.25) is 5.13 Å². The standard InChI is InChI=1S/C14H10N4O2S2/c19-18(20)11-5-3-10(4-6-11)8-15-17-14-16-12(9-22-14)13-2-1-7-21-13/h1-9H,(H,16,17)/b15-8-. The van der Waals surface area contributed by atoms with Crippen LogP contribution < -0.4 is 5.43 Å². The molecule has 3 aromatic rings. The maximum absolute atomic E-state index is 10.6. The third-order valence-electron chi connectivity index (χ3n) is 2.76. The summed E-state index contributed by atoms with van der Waals surface area (Å²) in [6.45, 7) is 0. The number of nitrogens with one attached hydrogen (secondary N) is 1. The molecule has 1 N–H and O–H groups in total. The summed E-state index contributed by atoms with van der Waals surface area (Å²) >= 11 is 3.11. The minimum Gasteiger partial charge on any atom is -0.258 e. The maximum atomic E-state index is 10.6. The third kappa shape index (κ3) is 3.35. The van der Waals surface area contributed by atoms with Crippen LogP contribution in [-0.2, 0) is 0 Å². The molecular weight excluding hydrogens is 320 g/mol. The Balaban J connectivity index is 1.63. The van der Waals surface area contributed by atoms with Gasteiger partial charge in [0, 0.05) is 17.5 Å². The average Bonchev–Trinajstić information content (AvgIpc) is 3.19.